The molecule has 2 aliphatic rings. The van der Waals surface area contributed by atoms with Gasteiger partial charge in [-0.2, -0.15) is 0 Å². The Balaban J connectivity index is 1.69. The Kier molecular flexibility index (Phi) is 4.95. The Bertz CT molecular complexity index is 584. The van der Waals surface area contributed by atoms with Gasteiger partial charge in [-0.3, -0.25) is 4.90 Å². The van der Waals surface area contributed by atoms with Gasteiger partial charge in [-0.15, -0.1) is 0 Å². The van der Waals surface area contributed by atoms with E-state index in [1.165, 1.54) is 5.69 Å². The molecule has 0 radical (unpaired) electrons. The fourth-order valence-electron chi connectivity index (χ4n) is 3.64. The number of benzene rings is 1. The van der Waals surface area contributed by atoms with Gasteiger partial charge in [-0.1, -0.05) is 12.1 Å². The summed E-state index contributed by atoms with van der Waals surface area (Å²) < 4.78 is 12.3. The van der Waals surface area contributed by atoms with Crippen molar-refractivity contribution in [2.75, 3.05) is 24.5 Å². The van der Waals surface area contributed by atoms with Crippen LogP contribution >= 0.6 is 0 Å². The van der Waals surface area contributed by atoms with Gasteiger partial charge in [0.05, 0.1) is 11.2 Å². The molecule has 0 aliphatic carbocycles. The zero-order valence-corrected chi connectivity index (χ0v) is 16.9. The molecule has 2 aliphatic heterocycles. The fraction of sp³-hybridized carbons (Fsp3) is 0.700. The van der Waals surface area contributed by atoms with Crippen LogP contribution in [0.2, 0.25) is 0 Å². The highest BCUT2D eigenvalue weighted by Gasteiger charge is 2.51. The van der Waals surface area contributed by atoms with E-state index in [0.717, 1.165) is 25.1 Å². The van der Waals surface area contributed by atoms with Crippen LogP contribution in [-0.2, 0) is 9.31 Å². The molecule has 1 aromatic rings. The molecule has 138 valence electrons. The summed E-state index contributed by atoms with van der Waals surface area (Å²) in [4.78, 5) is 5.06. The molecule has 1 atom stereocenters. The first-order valence-electron chi connectivity index (χ1n) is 9.57. The molecule has 2 fully saturated rings. The summed E-state index contributed by atoms with van der Waals surface area (Å²) in [7, 11) is -0.283. The Hall–Kier alpha value is -1.04. The van der Waals surface area contributed by atoms with Crippen LogP contribution in [0.5, 0.6) is 0 Å². The highest BCUT2D eigenvalue weighted by molar-refractivity contribution is 6.62. The summed E-state index contributed by atoms with van der Waals surface area (Å²) in [6, 6.07) is 9.87. The van der Waals surface area contributed by atoms with Gasteiger partial charge in [0.2, 0.25) is 0 Å². The van der Waals surface area contributed by atoms with E-state index in [2.05, 4.69) is 82.5 Å². The summed E-state index contributed by atoms with van der Waals surface area (Å²) in [5.41, 5.74) is 1.79. The van der Waals surface area contributed by atoms with E-state index in [4.69, 9.17) is 9.31 Å². The van der Waals surface area contributed by atoms with Gasteiger partial charge >= 0.3 is 7.12 Å². The third-order valence-corrected chi connectivity index (χ3v) is 6.14. The van der Waals surface area contributed by atoms with Crippen molar-refractivity contribution >= 4 is 18.3 Å². The molecule has 3 rings (SSSR count). The van der Waals surface area contributed by atoms with Gasteiger partial charge in [0.15, 0.2) is 0 Å². The fourth-order valence-corrected chi connectivity index (χ4v) is 3.64. The minimum absolute atomic E-state index is 0.283. The van der Waals surface area contributed by atoms with Gasteiger partial charge in [-0.25, -0.2) is 0 Å². The second-order valence-corrected chi connectivity index (χ2v) is 8.81. The lowest BCUT2D eigenvalue weighted by atomic mass is 9.79. The van der Waals surface area contributed by atoms with Crippen molar-refractivity contribution in [1.29, 1.82) is 0 Å². The smallest absolute Gasteiger partial charge is 0.399 e. The largest absolute Gasteiger partial charge is 0.494 e. The minimum Gasteiger partial charge on any atom is -0.399 e. The maximum Gasteiger partial charge on any atom is 0.494 e. The van der Waals surface area contributed by atoms with Gasteiger partial charge in [0.25, 0.3) is 0 Å². The van der Waals surface area contributed by atoms with Crippen molar-refractivity contribution in [2.45, 2.75) is 71.8 Å². The molecule has 25 heavy (non-hydrogen) atoms. The predicted molar refractivity (Wildman–Crippen MR) is 106 cm³/mol. The van der Waals surface area contributed by atoms with E-state index < -0.39 is 0 Å². The molecule has 0 amide bonds. The highest BCUT2D eigenvalue weighted by Crippen LogP contribution is 2.36. The molecular weight excluding hydrogens is 311 g/mol. The normalized spacial score (nSPS) is 26.5. The van der Waals surface area contributed by atoms with Gasteiger partial charge in [0, 0.05) is 37.4 Å². The Morgan fingerprint density at radius 3 is 2.04 bits per heavy atom. The molecule has 5 heteroatoms. The lowest BCUT2D eigenvalue weighted by Crippen LogP contribution is -2.54. The first kappa shape index (κ1) is 18.7. The number of hydrogen-bond donors (Lipinski definition) is 0. The van der Waals surface area contributed by atoms with Crippen molar-refractivity contribution in [1.82, 2.24) is 4.90 Å². The van der Waals surface area contributed by atoms with E-state index in [0.29, 0.717) is 12.1 Å². The van der Waals surface area contributed by atoms with E-state index >= 15 is 0 Å². The van der Waals surface area contributed by atoms with Crippen LogP contribution in [0.1, 0.15) is 48.5 Å². The van der Waals surface area contributed by atoms with E-state index in [1.807, 2.05) is 0 Å². The monoisotopic (exact) mass is 344 g/mol. The number of rotatable bonds is 3. The summed E-state index contributed by atoms with van der Waals surface area (Å²) >= 11 is 0. The topological polar surface area (TPSA) is 24.9 Å². The van der Waals surface area contributed by atoms with Crippen LogP contribution < -0.4 is 10.4 Å². The van der Waals surface area contributed by atoms with Crippen LogP contribution in [0, 0.1) is 0 Å². The predicted octanol–water partition coefficient (Wildman–Crippen LogP) is 2.90. The lowest BCUT2D eigenvalue weighted by Gasteiger charge is -2.43. The SMILES string of the molecule is CC(C)N1CCN(c2ccc(B3OC(C)(C)C(C)(C)O3)cc2)C(C)C1. The average Bonchev–Trinajstić information content (AvgIpc) is 2.75. The Morgan fingerprint density at radius 2 is 1.56 bits per heavy atom. The summed E-state index contributed by atoms with van der Waals surface area (Å²) in [5.74, 6) is 0. The van der Waals surface area contributed by atoms with Crippen molar-refractivity contribution in [3.8, 4) is 0 Å². The first-order chi connectivity index (χ1) is 11.6. The highest BCUT2D eigenvalue weighted by atomic mass is 16.7. The quantitative estimate of drug-likeness (QED) is 0.788. The lowest BCUT2D eigenvalue weighted by molar-refractivity contribution is 0.00578. The van der Waals surface area contributed by atoms with Crippen molar-refractivity contribution in [3.63, 3.8) is 0 Å². The number of nitrogens with zero attached hydrogens (tertiary/aromatic N) is 2. The molecule has 2 saturated heterocycles. The van der Waals surface area contributed by atoms with Crippen LogP contribution in [0.15, 0.2) is 24.3 Å². The molecule has 0 bridgehead atoms. The van der Waals surface area contributed by atoms with Gasteiger partial charge in [-0.05, 0) is 66.1 Å². The number of piperazine rings is 1. The molecule has 0 saturated carbocycles. The molecule has 1 aromatic carbocycles. The summed E-state index contributed by atoms with van der Waals surface area (Å²) in [6.45, 7) is 18.6. The second-order valence-electron chi connectivity index (χ2n) is 8.81. The summed E-state index contributed by atoms with van der Waals surface area (Å²) in [6.07, 6.45) is 0. The maximum absolute atomic E-state index is 6.15. The van der Waals surface area contributed by atoms with Crippen molar-refractivity contribution in [2.24, 2.45) is 0 Å². The standard InChI is InChI=1S/C20H33BN2O2/c1-15(2)22-12-13-23(16(3)14-22)18-10-8-17(9-11-18)21-24-19(4,5)20(6,7)25-21/h8-11,15-16H,12-14H2,1-7H3. The van der Waals surface area contributed by atoms with Gasteiger partial charge < -0.3 is 14.2 Å². The zero-order chi connectivity index (χ0) is 18.4. The Morgan fingerprint density at radius 1 is 1.00 bits per heavy atom. The van der Waals surface area contributed by atoms with E-state index in [9.17, 15) is 0 Å². The second kappa shape index (κ2) is 6.60. The number of anilines is 1. The minimum atomic E-state index is -0.294. The first-order valence-corrected chi connectivity index (χ1v) is 9.57. The van der Waals surface area contributed by atoms with Crippen LogP contribution in [0.3, 0.4) is 0 Å². The summed E-state index contributed by atoms with van der Waals surface area (Å²) in [5, 5.41) is 0. The third kappa shape index (κ3) is 3.60. The van der Waals surface area contributed by atoms with E-state index in [1.54, 1.807) is 0 Å². The van der Waals surface area contributed by atoms with Crippen LogP contribution in [0.25, 0.3) is 0 Å². The molecule has 0 aromatic heterocycles. The van der Waals surface area contributed by atoms with Crippen molar-refractivity contribution in [3.05, 3.63) is 24.3 Å². The van der Waals surface area contributed by atoms with Crippen LogP contribution in [-0.4, -0.2) is 54.9 Å². The maximum atomic E-state index is 6.15. The third-order valence-electron chi connectivity index (χ3n) is 6.14. The molecule has 2 heterocycles. The molecular formula is C20H33BN2O2. The molecule has 4 nitrogen and oxygen atoms in total. The van der Waals surface area contributed by atoms with Crippen LogP contribution in [0.4, 0.5) is 5.69 Å². The van der Waals surface area contributed by atoms with E-state index in [-0.39, 0.29) is 18.3 Å². The molecule has 0 spiro atoms. The molecule has 1 unspecified atom stereocenters. The van der Waals surface area contributed by atoms with Crippen molar-refractivity contribution < 1.29 is 9.31 Å². The van der Waals surface area contributed by atoms with Gasteiger partial charge in [0.1, 0.15) is 0 Å². The molecule has 0 N–H and O–H groups in total. The zero-order valence-electron chi connectivity index (χ0n) is 16.9. The average molecular weight is 344 g/mol. The number of hydrogen-bond acceptors (Lipinski definition) is 4. The Labute approximate surface area is 153 Å².